The standard InChI is InChI=1S/C21H18ClN5O/c22-15-5-6-16-18(12-15)23-13-24-20(16)26-7-9-27(10-8-26)21(28)19-11-14-3-1-2-4-17(14)25-19/h1-6,11-13,25H,7-10H2. The second-order valence-electron chi connectivity index (χ2n) is 6.91. The van der Waals surface area contributed by atoms with Crippen LogP contribution < -0.4 is 4.90 Å². The first-order valence-corrected chi connectivity index (χ1v) is 9.59. The number of aromatic nitrogens is 3. The van der Waals surface area contributed by atoms with Gasteiger partial charge >= 0.3 is 0 Å². The molecule has 0 atom stereocenters. The highest BCUT2D eigenvalue weighted by molar-refractivity contribution is 6.31. The SMILES string of the molecule is O=C(c1cc2ccccc2[nH]1)N1CCN(c2ncnc3cc(Cl)ccc23)CC1. The highest BCUT2D eigenvalue weighted by atomic mass is 35.5. The molecule has 1 amide bonds. The first-order chi connectivity index (χ1) is 13.7. The Kier molecular flexibility index (Phi) is 4.13. The van der Waals surface area contributed by atoms with Crippen molar-refractivity contribution in [1.29, 1.82) is 0 Å². The van der Waals surface area contributed by atoms with E-state index >= 15 is 0 Å². The quantitative estimate of drug-likeness (QED) is 0.565. The number of carbonyl (C=O) groups is 1. The van der Waals surface area contributed by atoms with E-state index in [9.17, 15) is 4.79 Å². The number of piperazine rings is 1. The summed E-state index contributed by atoms with van der Waals surface area (Å²) < 4.78 is 0. The summed E-state index contributed by atoms with van der Waals surface area (Å²) in [6.45, 7) is 2.74. The maximum atomic E-state index is 12.9. The highest BCUT2D eigenvalue weighted by Gasteiger charge is 2.25. The summed E-state index contributed by atoms with van der Waals surface area (Å²) in [6.07, 6.45) is 1.57. The first kappa shape index (κ1) is 17.0. The number of para-hydroxylation sites is 1. The molecule has 1 fully saturated rings. The minimum Gasteiger partial charge on any atom is -0.352 e. The molecule has 5 rings (SSSR count). The second kappa shape index (κ2) is 6.80. The summed E-state index contributed by atoms with van der Waals surface area (Å²) in [6, 6.07) is 15.5. The molecule has 28 heavy (non-hydrogen) atoms. The molecule has 0 radical (unpaired) electrons. The van der Waals surface area contributed by atoms with E-state index in [1.807, 2.05) is 53.4 Å². The molecule has 1 aliphatic heterocycles. The van der Waals surface area contributed by atoms with Gasteiger partial charge in [-0.25, -0.2) is 9.97 Å². The van der Waals surface area contributed by atoms with E-state index in [-0.39, 0.29) is 5.91 Å². The van der Waals surface area contributed by atoms with E-state index in [2.05, 4.69) is 19.9 Å². The second-order valence-corrected chi connectivity index (χ2v) is 7.34. The third kappa shape index (κ3) is 2.96. The third-order valence-electron chi connectivity index (χ3n) is 5.20. The number of hydrogen-bond donors (Lipinski definition) is 1. The van der Waals surface area contributed by atoms with Gasteiger partial charge in [0.05, 0.1) is 5.52 Å². The zero-order valence-corrected chi connectivity index (χ0v) is 15.9. The number of fused-ring (bicyclic) bond motifs is 2. The summed E-state index contributed by atoms with van der Waals surface area (Å²) in [5.41, 5.74) is 2.45. The van der Waals surface area contributed by atoms with E-state index in [4.69, 9.17) is 11.6 Å². The molecule has 0 saturated carbocycles. The van der Waals surface area contributed by atoms with Crippen LogP contribution in [0.3, 0.4) is 0 Å². The van der Waals surface area contributed by atoms with E-state index in [0.717, 1.165) is 40.7 Å². The van der Waals surface area contributed by atoms with Crippen LogP contribution in [0.1, 0.15) is 10.5 Å². The van der Waals surface area contributed by atoms with Crippen LogP contribution in [-0.2, 0) is 0 Å². The van der Waals surface area contributed by atoms with Crippen LogP contribution in [0.4, 0.5) is 5.82 Å². The summed E-state index contributed by atoms with van der Waals surface area (Å²) in [5, 5.41) is 2.68. The van der Waals surface area contributed by atoms with Crippen LogP contribution in [0.15, 0.2) is 54.9 Å². The largest absolute Gasteiger partial charge is 0.352 e. The molecule has 7 heteroatoms. The van der Waals surface area contributed by atoms with Gasteiger partial charge < -0.3 is 14.8 Å². The van der Waals surface area contributed by atoms with Crippen molar-refractivity contribution in [2.24, 2.45) is 0 Å². The molecule has 0 unspecified atom stereocenters. The lowest BCUT2D eigenvalue weighted by Gasteiger charge is -2.35. The van der Waals surface area contributed by atoms with Crippen LogP contribution >= 0.6 is 11.6 Å². The summed E-state index contributed by atoms with van der Waals surface area (Å²) in [7, 11) is 0. The van der Waals surface area contributed by atoms with E-state index < -0.39 is 0 Å². The fraction of sp³-hybridized carbons (Fsp3) is 0.190. The molecular formula is C21H18ClN5O. The monoisotopic (exact) mass is 391 g/mol. The van der Waals surface area contributed by atoms with Gasteiger partial charge in [-0.2, -0.15) is 0 Å². The van der Waals surface area contributed by atoms with Gasteiger partial charge in [0.1, 0.15) is 17.8 Å². The highest BCUT2D eigenvalue weighted by Crippen LogP contribution is 2.26. The lowest BCUT2D eigenvalue weighted by molar-refractivity contribution is 0.0741. The fourth-order valence-corrected chi connectivity index (χ4v) is 3.91. The number of H-pyrrole nitrogens is 1. The van der Waals surface area contributed by atoms with Gasteiger partial charge in [-0.15, -0.1) is 0 Å². The molecule has 1 aliphatic rings. The predicted octanol–water partition coefficient (Wildman–Crippen LogP) is 3.73. The molecule has 1 N–H and O–H groups in total. The zero-order chi connectivity index (χ0) is 19.1. The van der Waals surface area contributed by atoms with Crippen molar-refractivity contribution in [3.63, 3.8) is 0 Å². The van der Waals surface area contributed by atoms with Gasteiger partial charge in [-0.3, -0.25) is 4.79 Å². The maximum absolute atomic E-state index is 12.9. The average molecular weight is 392 g/mol. The van der Waals surface area contributed by atoms with E-state index in [0.29, 0.717) is 23.8 Å². The lowest BCUT2D eigenvalue weighted by Crippen LogP contribution is -2.49. The third-order valence-corrected chi connectivity index (χ3v) is 5.44. The van der Waals surface area contributed by atoms with Gasteiger partial charge in [0.2, 0.25) is 0 Å². The molecule has 2 aromatic carbocycles. The van der Waals surface area contributed by atoms with Crippen molar-refractivity contribution in [3.8, 4) is 0 Å². The van der Waals surface area contributed by atoms with Crippen molar-refractivity contribution in [3.05, 3.63) is 65.6 Å². The number of halogens is 1. The lowest BCUT2D eigenvalue weighted by atomic mass is 10.2. The Morgan fingerprint density at radius 3 is 2.64 bits per heavy atom. The number of rotatable bonds is 2. The Morgan fingerprint density at radius 2 is 1.82 bits per heavy atom. The summed E-state index contributed by atoms with van der Waals surface area (Å²) in [4.78, 5) is 29.0. The number of nitrogens with one attached hydrogen (secondary N) is 1. The van der Waals surface area contributed by atoms with E-state index in [1.165, 1.54) is 0 Å². The fourth-order valence-electron chi connectivity index (χ4n) is 3.75. The first-order valence-electron chi connectivity index (χ1n) is 9.21. The molecule has 0 aliphatic carbocycles. The molecule has 6 nitrogen and oxygen atoms in total. The van der Waals surface area contributed by atoms with Crippen molar-refractivity contribution < 1.29 is 4.79 Å². The molecule has 140 valence electrons. The number of anilines is 1. The van der Waals surface area contributed by atoms with Crippen molar-refractivity contribution in [2.75, 3.05) is 31.1 Å². The topological polar surface area (TPSA) is 65.1 Å². The average Bonchev–Trinajstić information content (AvgIpc) is 3.17. The smallest absolute Gasteiger partial charge is 0.270 e. The summed E-state index contributed by atoms with van der Waals surface area (Å²) >= 11 is 6.08. The Labute approximate surface area is 166 Å². The normalized spacial score (nSPS) is 14.8. The van der Waals surface area contributed by atoms with Crippen molar-refractivity contribution >= 4 is 45.1 Å². The van der Waals surface area contributed by atoms with E-state index in [1.54, 1.807) is 6.33 Å². The molecule has 4 aromatic rings. The number of carbonyl (C=O) groups excluding carboxylic acids is 1. The Balaban J connectivity index is 1.34. The number of amides is 1. The van der Waals surface area contributed by atoms with Crippen molar-refractivity contribution in [2.45, 2.75) is 0 Å². The number of aromatic amines is 1. The van der Waals surface area contributed by atoms with Crippen LogP contribution in [0.2, 0.25) is 5.02 Å². The molecule has 3 heterocycles. The minimum absolute atomic E-state index is 0.0372. The van der Waals surface area contributed by atoms with Crippen LogP contribution in [0, 0.1) is 0 Å². The van der Waals surface area contributed by atoms with Gasteiger partial charge in [0.15, 0.2) is 0 Å². The molecule has 0 spiro atoms. The number of benzene rings is 2. The van der Waals surface area contributed by atoms with Crippen LogP contribution in [0.5, 0.6) is 0 Å². The Bertz CT molecular complexity index is 1150. The Morgan fingerprint density at radius 1 is 1.00 bits per heavy atom. The van der Waals surface area contributed by atoms with Gasteiger partial charge in [-0.05, 0) is 30.3 Å². The van der Waals surface area contributed by atoms with Crippen molar-refractivity contribution in [1.82, 2.24) is 19.9 Å². The van der Waals surface area contributed by atoms with Crippen LogP contribution in [-0.4, -0.2) is 51.9 Å². The maximum Gasteiger partial charge on any atom is 0.270 e. The predicted molar refractivity (Wildman–Crippen MR) is 111 cm³/mol. The number of nitrogens with zero attached hydrogens (tertiary/aromatic N) is 4. The number of hydrogen-bond acceptors (Lipinski definition) is 4. The van der Waals surface area contributed by atoms with Gasteiger partial charge in [-0.1, -0.05) is 29.8 Å². The Hall–Kier alpha value is -3.12. The zero-order valence-electron chi connectivity index (χ0n) is 15.1. The summed E-state index contributed by atoms with van der Waals surface area (Å²) in [5.74, 6) is 0.926. The molecule has 0 bridgehead atoms. The van der Waals surface area contributed by atoms with Gasteiger partial charge in [0, 0.05) is 47.5 Å². The minimum atomic E-state index is 0.0372. The molecule has 2 aromatic heterocycles. The van der Waals surface area contributed by atoms with Crippen LogP contribution in [0.25, 0.3) is 21.8 Å². The van der Waals surface area contributed by atoms with Gasteiger partial charge in [0.25, 0.3) is 5.91 Å². The molecular weight excluding hydrogens is 374 g/mol. The molecule has 1 saturated heterocycles.